The highest BCUT2D eigenvalue weighted by molar-refractivity contribution is 5.48. The van der Waals surface area contributed by atoms with E-state index in [1.54, 1.807) is 24.3 Å². The Morgan fingerprint density at radius 3 is 2.09 bits per heavy atom. The van der Waals surface area contributed by atoms with Crippen LogP contribution in [0.3, 0.4) is 0 Å². The number of benzene rings is 2. The molecule has 5 nitrogen and oxygen atoms in total. The maximum absolute atomic E-state index is 15.8. The first-order chi connectivity index (χ1) is 16.2. The molecule has 170 valence electrons. The van der Waals surface area contributed by atoms with Gasteiger partial charge in [0.15, 0.2) is 5.60 Å². The molecular formula is C25H16F4N4O. The van der Waals surface area contributed by atoms with Gasteiger partial charge in [-0.1, -0.05) is 11.8 Å². The number of halogens is 4. The average Bonchev–Trinajstić information content (AvgIpc) is 2.84. The summed E-state index contributed by atoms with van der Waals surface area (Å²) in [6.45, 7) is 0. The molecule has 2 aromatic heterocycles. The van der Waals surface area contributed by atoms with Gasteiger partial charge in [-0.05, 0) is 48.5 Å². The lowest BCUT2D eigenvalue weighted by atomic mass is 9.80. The van der Waals surface area contributed by atoms with E-state index >= 15 is 8.78 Å². The lowest BCUT2D eigenvalue weighted by molar-refractivity contribution is -0.175. The van der Waals surface area contributed by atoms with E-state index in [1.807, 2.05) is 0 Å². The molecule has 0 radical (unpaired) electrons. The van der Waals surface area contributed by atoms with Crippen molar-refractivity contribution in [2.45, 2.75) is 11.5 Å². The summed E-state index contributed by atoms with van der Waals surface area (Å²) in [4.78, 5) is 11.1. The minimum absolute atomic E-state index is 0.330. The Kier molecular flexibility index (Phi) is 6.01. The molecule has 4 rings (SSSR count). The van der Waals surface area contributed by atoms with Crippen LogP contribution in [-0.2, 0) is 11.5 Å². The first-order valence-corrected chi connectivity index (χ1v) is 9.87. The van der Waals surface area contributed by atoms with Crippen LogP contribution in [0.5, 0.6) is 0 Å². The van der Waals surface area contributed by atoms with Gasteiger partial charge in [0.25, 0.3) is 0 Å². The monoisotopic (exact) mass is 464 g/mol. The van der Waals surface area contributed by atoms with Crippen molar-refractivity contribution in [1.82, 2.24) is 15.0 Å². The van der Waals surface area contributed by atoms with Crippen LogP contribution >= 0.6 is 0 Å². The fourth-order valence-electron chi connectivity index (χ4n) is 3.32. The molecule has 2 heterocycles. The zero-order chi connectivity index (χ0) is 24.3. The standard InChI is InChI=1S/C25H16F4N4O/c26-19-6-9-21(22(27)11-19)24(34,18-13-31-15-32-14-18)25(28,29)23-10-5-17(12-33-23)2-1-16-3-7-20(30)8-4-16/h3-15,34H,30H2. The predicted octanol–water partition coefficient (Wildman–Crippen LogP) is 4.16. The van der Waals surface area contributed by atoms with E-state index in [0.29, 0.717) is 22.9 Å². The van der Waals surface area contributed by atoms with Crippen LogP contribution in [0, 0.1) is 23.5 Å². The molecule has 2 aromatic carbocycles. The van der Waals surface area contributed by atoms with Gasteiger partial charge in [0, 0.05) is 52.6 Å². The Hall–Kier alpha value is -4.29. The largest absolute Gasteiger partial charge is 0.399 e. The van der Waals surface area contributed by atoms with E-state index in [1.165, 1.54) is 6.07 Å². The highest BCUT2D eigenvalue weighted by Gasteiger charge is 2.58. The van der Waals surface area contributed by atoms with Crippen molar-refractivity contribution in [3.63, 3.8) is 0 Å². The third kappa shape index (κ3) is 4.19. The quantitative estimate of drug-likeness (QED) is 0.269. The van der Waals surface area contributed by atoms with Crippen LogP contribution in [0.2, 0.25) is 0 Å². The number of alkyl halides is 2. The normalized spacial score (nSPS) is 13.0. The summed E-state index contributed by atoms with van der Waals surface area (Å²) in [5, 5.41) is 11.3. The van der Waals surface area contributed by atoms with E-state index in [4.69, 9.17) is 5.73 Å². The third-order valence-electron chi connectivity index (χ3n) is 5.10. The van der Waals surface area contributed by atoms with Crippen molar-refractivity contribution < 1.29 is 22.7 Å². The molecule has 0 saturated heterocycles. The molecule has 4 aromatic rings. The van der Waals surface area contributed by atoms with Crippen molar-refractivity contribution in [2.75, 3.05) is 5.73 Å². The lowest BCUT2D eigenvalue weighted by Gasteiger charge is -2.36. The van der Waals surface area contributed by atoms with E-state index in [-0.39, 0.29) is 0 Å². The summed E-state index contributed by atoms with van der Waals surface area (Å²) in [6.07, 6.45) is 4.03. The minimum atomic E-state index is -4.17. The van der Waals surface area contributed by atoms with Crippen LogP contribution in [-0.4, -0.2) is 20.1 Å². The van der Waals surface area contributed by atoms with Gasteiger partial charge in [0.05, 0.1) is 0 Å². The Balaban J connectivity index is 1.76. The van der Waals surface area contributed by atoms with E-state index in [2.05, 4.69) is 26.8 Å². The minimum Gasteiger partial charge on any atom is -0.399 e. The third-order valence-corrected chi connectivity index (χ3v) is 5.10. The first kappa shape index (κ1) is 22.9. The topological polar surface area (TPSA) is 84.9 Å². The molecule has 9 heteroatoms. The number of nitrogens with two attached hydrogens (primary N) is 1. The van der Waals surface area contributed by atoms with Crippen molar-refractivity contribution in [3.05, 3.63) is 119 Å². The van der Waals surface area contributed by atoms with Crippen LogP contribution in [0.1, 0.15) is 27.9 Å². The van der Waals surface area contributed by atoms with Crippen LogP contribution < -0.4 is 5.73 Å². The van der Waals surface area contributed by atoms with Crippen molar-refractivity contribution >= 4 is 5.69 Å². The average molecular weight is 464 g/mol. The number of hydrogen-bond acceptors (Lipinski definition) is 5. The Morgan fingerprint density at radius 1 is 0.824 bits per heavy atom. The summed E-state index contributed by atoms with van der Waals surface area (Å²) in [6, 6.07) is 11.0. The molecule has 3 N–H and O–H groups in total. The highest BCUT2D eigenvalue weighted by Crippen LogP contribution is 2.49. The van der Waals surface area contributed by atoms with Gasteiger partial charge in [-0.2, -0.15) is 8.78 Å². The highest BCUT2D eigenvalue weighted by atomic mass is 19.3. The number of rotatable bonds is 4. The number of nitrogens with zero attached hydrogens (tertiary/aromatic N) is 3. The van der Waals surface area contributed by atoms with Gasteiger partial charge in [-0.25, -0.2) is 18.7 Å². The number of hydrogen-bond donors (Lipinski definition) is 2. The predicted molar refractivity (Wildman–Crippen MR) is 116 cm³/mol. The smallest absolute Gasteiger partial charge is 0.326 e. The zero-order valence-electron chi connectivity index (χ0n) is 17.4. The summed E-state index contributed by atoms with van der Waals surface area (Å²) in [5.41, 5.74) is 1.69. The van der Waals surface area contributed by atoms with Crippen molar-refractivity contribution in [3.8, 4) is 11.8 Å². The second-order valence-corrected chi connectivity index (χ2v) is 7.34. The molecular weight excluding hydrogens is 448 g/mol. The first-order valence-electron chi connectivity index (χ1n) is 9.87. The fraction of sp³-hybridized carbons (Fsp3) is 0.0800. The zero-order valence-corrected chi connectivity index (χ0v) is 17.4. The maximum atomic E-state index is 15.8. The van der Waals surface area contributed by atoms with Crippen molar-refractivity contribution in [1.29, 1.82) is 0 Å². The molecule has 0 aliphatic carbocycles. The van der Waals surface area contributed by atoms with Crippen LogP contribution in [0.15, 0.2) is 79.5 Å². The molecule has 1 atom stereocenters. The van der Waals surface area contributed by atoms with E-state index in [9.17, 15) is 13.9 Å². The summed E-state index contributed by atoms with van der Waals surface area (Å²) in [7, 11) is 0. The van der Waals surface area contributed by atoms with Crippen LogP contribution in [0.25, 0.3) is 0 Å². The van der Waals surface area contributed by atoms with Gasteiger partial charge >= 0.3 is 5.92 Å². The number of aromatic nitrogens is 3. The van der Waals surface area contributed by atoms with Crippen LogP contribution in [0.4, 0.5) is 23.2 Å². The van der Waals surface area contributed by atoms with E-state index < -0.39 is 40.0 Å². The molecule has 0 saturated carbocycles. The SMILES string of the molecule is Nc1ccc(C#Cc2ccc(C(F)(F)C(O)(c3cncnc3)c3ccc(F)cc3F)nc2)cc1. The van der Waals surface area contributed by atoms with Crippen molar-refractivity contribution in [2.24, 2.45) is 0 Å². The van der Waals surface area contributed by atoms with Gasteiger partial charge in [-0.3, -0.25) is 4.98 Å². The summed E-state index contributed by atoms with van der Waals surface area (Å²) in [5.74, 6) is -0.868. The second-order valence-electron chi connectivity index (χ2n) is 7.34. The molecule has 0 fully saturated rings. The van der Waals surface area contributed by atoms with Gasteiger partial charge in [0.2, 0.25) is 0 Å². The number of pyridine rings is 1. The fourth-order valence-corrected chi connectivity index (χ4v) is 3.32. The number of nitrogen functional groups attached to an aromatic ring is 1. The molecule has 0 spiro atoms. The summed E-state index contributed by atoms with van der Waals surface area (Å²) < 4.78 is 59.7. The molecule has 0 amide bonds. The molecule has 0 aliphatic rings. The van der Waals surface area contributed by atoms with Gasteiger partial charge in [-0.15, -0.1) is 0 Å². The van der Waals surface area contributed by atoms with Gasteiger partial charge < -0.3 is 10.8 Å². The second kappa shape index (κ2) is 8.92. The molecule has 0 bridgehead atoms. The lowest BCUT2D eigenvalue weighted by Crippen LogP contribution is -2.45. The molecule has 0 aliphatic heterocycles. The summed E-state index contributed by atoms with van der Waals surface area (Å²) >= 11 is 0. The Morgan fingerprint density at radius 2 is 1.47 bits per heavy atom. The Bertz CT molecular complexity index is 1370. The molecule has 1 unspecified atom stereocenters. The van der Waals surface area contributed by atoms with Gasteiger partial charge in [0.1, 0.15) is 23.7 Å². The Labute approximate surface area is 192 Å². The molecule has 34 heavy (non-hydrogen) atoms. The number of aliphatic hydroxyl groups is 1. The maximum Gasteiger partial charge on any atom is 0.326 e. The number of anilines is 1. The van der Waals surface area contributed by atoms with E-state index in [0.717, 1.165) is 43.1 Å².